The van der Waals surface area contributed by atoms with Crippen molar-refractivity contribution in [1.82, 2.24) is 0 Å². The lowest BCUT2D eigenvalue weighted by Crippen LogP contribution is -2.06. The first-order chi connectivity index (χ1) is 8.32. The second kappa shape index (κ2) is 5.39. The number of carbonyl (C=O) groups excluding carboxylic acids is 1. The van der Waals surface area contributed by atoms with Crippen molar-refractivity contribution in [2.24, 2.45) is 0 Å². The van der Waals surface area contributed by atoms with Gasteiger partial charge >= 0.3 is 5.97 Å². The van der Waals surface area contributed by atoms with Crippen LogP contribution in [0.3, 0.4) is 0 Å². The van der Waals surface area contributed by atoms with E-state index >= 15 is 0 Å². The van der Waals surface area contributed by atoms with Gasteiger partial charge in [0.1, 0.15) is 0 Å². The second-order valence-electron chi connectivity index (χ2n) is 4.01. The summed E-state index contributed by atoms with van der Waals surface area (Å²) in [6.07, 6.45) is -0.436. The minimum absolute atomic E-state index is 0.117. The Hall–Kier alpha value is -2.24. The van der Waals surface area contributed by atoms with Crippen molar-refractivity contribution in [3.8, 4) is 0 Å². The molecule has 1 rings (SSSR count). The van der Waals surface area contributed by atoms with Crippen LogP contribution >= 0.6 is 0 Å². The summed E-state index contributed by atoms with van der Waals surface area (Å²) < 4.78 is 0. The molecule has 6 nitrogen and oxygen atoms in total. The molecule has 6 heteroatoms. The minimum atomic E-state index is -1.07. The number of benzene rings is 1. The Morgan fingerprint density at radius 3 is 2.39 bits per heavy atom. The van der Waals surface area contributed by atoms with E-state index in [0.717, 1.165) is 0 Å². The highest BCUT2D eigenvalue weighted by molar-refractivity contribution is 5.98. The Kier molecular flexibility index (Phi) is 4.14. The van der Waals surface area contributed by atoms with E-state index in [4.69, 9.17) is 5.11 Å². The van der Waals surface area contributed by atoms with Gasteiger partial charge in [-0.3, -0.25) is 19.7 Å². The van der Waals surface area contributed by atoms with E-state index in [9.17, 15) is 19.7 Å². The van der Waals surface area contributed by atoms with Gasteiger partial charge in [0.2, 0.25) is 0 Å². The lowest BCUT2D eigenvalue weighted by molar-refractivity contribution is -0.385. The van der Waals surface area contributed by atoms with E-state index < -0.39 is 16.7 Å². The smallest absolute Gasteiger partial charge is 0.303 e. The Morgan fingerprint density at radius 2 is 1.89 bits per heavy atom. The lowest BCUT2D eigenvalue weighted by atomic mass is 9.99. The SMILES string of the molecule is Cc1cc(C(=O)CCC(=O)O)cc([N+](=O)[O-])c1C. The Labute approximate surface area is 103 Å². The zero-order chi connectivity index (χ0) is 13.9. The number of aryl methyl sites for hydroxylation is 1. The molecule has 0 fully saturated rings. The third kappa shape index (κ3) is 3.13. The normalized spacial score (nSPS) is 10.1. The van der Waals surface area contributed by atoms with Crippen LogP contribution in [0.25, 0.3) is 0 Å². The van der Waals surface area contributed by atoms with Gasteiger partial charge in [-0.15, -0.1) is 0 Å². The standard InChI is InChI=1S/C12H13NO5/c1-7-5-9(11(14)3-4-12(15)16)6-10(8(7)2)13(17)18/h5-6H,3-4H2,1-2H3,(H,15,16). The van der Waals surface area contributed by atoms with Crippen LogP contribution in [0.4, 0.5) is 5.69 Å². The molecule has 0 radical (unpaired) electrons. The minimum Gasteiger partial charge on any atom is -0.481 e. The zero-order valence-electron chi connectivity index (χ0n) is 10.1. The number of ketones is 1. The monoisotopic (exact) mass is 251 g/mol. The molecule has 0 bridgehead atoms. The predicted octanol–water partition coefficient (Wildman–Crippen LogP) is 2.26. The highest BCUT2D eigenvalue weighted by atomic mass is 16.6. The van der Waals surface area contributed by atoms with Gasteiger partial charge in [0, 0.05) is 23.6 Å². The highest BCUT2D eigenvalue weighted by Crippen LogP contribution is 2.24. The van der Waals surface area contributed by atoms with Gasteiger partial charge in [-0.2, -0.15) is 0 Å². The summed E-state index contributed by atoms with van der Waals surface area (Å²) in [5.41, 5.74) is 1.22. The summed E-state index contributed by atoms with van der Waals surface area (Å²) in [7, 11) is 0. The van der Waals surface area contributed by atoms with E-state index in [1.807, 2.05) is 0 Å². The Balaban J connectivity index is 3.07. The number of hydrogen-bond donors (Lipinski definition) is 1. The number of carboxylic acid groups (broad SMARTS) is 1. The van der Waals surface area contributed by atoms with Crippen molar-refractivity contribution in [3.05, 3.63) is 38.9 Å². The van der Waals surface area contributed by atoms with Crippen molar-refractivity contribution in [1.29, 1.82) is 0 Å². The molecule has 0 unspecified atom stereocenters. The maximum atomic E-state index is 11.7. The fourth-order valence-electron chi connectivity index (χ4n) is 1.56. The number of nitro benzene ring substituents is 1. The van der Waals surface area contributed by atoms with Crippen LogP contribution in [-0.4, -0.2) is 21.8 Å². The number of rotatable bonds is 5. The summed E-state index contributed by atoms with van der Waals surface area (Å²) in [6, 6.07) is 2.75. The third-order valence-corrected chi connectivity index (χ3v) is 2.72. The van der Waals surface area contributed by atoms with Gasteiger partial charge in [-0.1, -0.05) is 0 Å². The van der Waals surface area contributed by atoms with E-state index in [0.29, 0.717) is 11.1 Å². The number of nitro groups is 1. The van der Waals surface area contributed by atoms with Gasteiger partial charge < -0.3 is 5.11 Å². The molecule has 0 spiro atoms. The number of aliphatic carboxylic acids is 1. The fraction of sp³-hybridized carbons (Fsp3) is 0.333. The number of nitrogens with zero attached hydrogens (tertiary/aromatic N) is 1. The van der Waals surface area contributed by atoms with Crippen LogP contribution in [0.5, 0.6) is 0 Å². The molecule has 0 atom stereocenters. The van der Waals surface area contributed by atoms with Crippen molar-refractivity contribution in [2.75, 3.05) is 0 Å². The predicted molar refractivity (Wildman–Crippen MR) is 63.8 cm³/mol. The van der Waals surface area contributed by atoms with Gasteiger partial charge in [0.15, 0.2) is 5.78 Å². The van der Waals surface area contributed by atoms with Gasteiger partial charge in [0.05, 0.1) is 11.3 Å². The largest absolute Gasteiger partial charge is 0.481 e. The van der Waals surface area contributed by atoms with Crippen molar-refractivity contribution >= 4 is 17.4 Å². The van der Waals surface area contributed by atoms with Crippen molar-refractivity contribution < 1.29 is 19.6 Å². The number of hydrogen-bond acceptors (Lipinski definition) is 4. The van der Waals surface area contributed by atoms with Crippen LogP contribution in [0.1, 0.15) is 34.3 Å². The Morgan fingerprint density at radius 1 is 1.28 bits per heavy atom. The maximum Gasteiger partial charge on any atom is 0.303 e. The van der Waals surface area contributed by atoms with E-state index in [1.54, 1.807) is 19.9 Å². The average Bonchev–Trinajstić information content (AvgIpc) is 2.28. The molecule has 0 aromatic heterocycles. The summed E-state index contributed by atoms with van der Waals surface area (Å²) in [6.45, 7) is 3.29. The first kappa shape index (κ1) is 13.8. The lowest BCUT2D eigenvalue weighted by Gasteiger charge is -2.05. The molecule has 0 saturated heterocycles. The zero-order valence-corrected chi connectivity index (χ0v) is 10.1. The van der Waals surface area contributed by atoms with Crippen LogP contribution < -0.4 is 0 Å². The molecule has 0 aliphatic heterocycles. The van der Waals surface area contributed by atoms with E-state index in [2.05, 4.69) is 0 Å². The third-order valence-electron chi connectivity index (χ3n) is 2.72. The topological polar surface area (TPSA) is 97.5 Å². The van der Waals surface area contributed by atoms with Gasteiger partial charge in [0.25, 0.3) is 5.69 Å². The molecule has 18 heavy (non-hydrogen) atoms. The van der Waals surface area contributed by atoms with Crippen molar-refractivity contribution in [2.45, 2.75) is 26.7 Å². The summed E-state index contributed by atoms with van der Waals surface area (Å²) in [5, 5.41) is 19.3. The van der Waals surface area contributed by atoms with E-state index in [-0.39, 0.29) is 24.1 Å². The van der Waals surface area contributed by atoms with Crippen LogP contribution in [0, 0.1) is 24.0 Å². The molecule has 0 aliphatic rings. The highest BCUT2D eigenvalue weighted by Gasteiger charge is 2.17. The summed E-state index contributed by atoms with van der Waals surface area (Å²) in [4.78, 5) is 32.3. The average molecular weight is 251 g/mol. The van der Waals surface area contributed by atoms with Gasteiger partial charge in [-0.25, -0.2) is 0 Å². The molecular weight excluding hydrogens is 238 g/mol. The summed E-state index contributed by atoms with van der Waals surface area (Å²) in [5.74, 6) is -1.47. The maximum absolute atomic E-state index is 11.7. The molecule has 0 aliphatic carbocycles. The van der Waals surface area contributed by atoms with Crippen LogP contribution in [0.2, 0.25) is 0 Å². The van der Waals surface area contributed by atoms with E-state index in [1.165, 1.54) is 6.07 Å². The molecule has 0 amide bonds. The molecule has 0 saturated carbocycles. The quantitative estimate of drug-likeness (QED) is 0.491. The molecule has 1 aromatic carbocycles. The molecule has 96 valence electrons. The molecule has 0 heterocycles. The molecule has 1 aromatic rings. The first-order valence-corrected chi connectivity index (χ1v) is 5.33. The van der Waals surface area contributed by atoms with Crippen LogP contribution in [-0.2, 0) is 4.79 Å². The number of carbonyl (C=O) groups is 2. The summed E-state index contributed by atoms with van der Waals surface area (Å²) >= 11 is 0. The first-order valence-electron chi connectivity index (χ1n) is 5.33. The molecular formula is C12H13NO5. The fourth-order valence-corrected chi connectivity index (χ4v) is 1.56. The second-order valence-corrected chi connectivity index (χ2v) is 4.01. The molecule has 1 N–H and O–H groups in total. The Bertz CT molecular complexity index is 521. The number of Topliss-reactive ketones (excluding diaryl/α,β-unsaturated/α-hetero) is 1. The van der Waals surface area contributed by atoms with Crippen molar-refractivity contribution in [3.63, 3.8) is 0 Å². The number of carboxylic acids is 1. The van der Waals surface area contributed by atoms with Gasteiger partial charge in [-0.05, 0) is 25.5 Å². The van der Waals surface area contributed by atoms with Crippen LogP contribution in [0.15, 0.2) is 12.1 Å².